The van der Waals surface area contributed by atoms with Crippen molar-refractivity contribution in [3.05, 3.63) is 35.0 Å². The van der Waals surface area contributed by atoms with E-state index in [1.165, 1.54) is 16.7 Å². The minimum atomic E-state index is -1.33. The molecule has 1 saturated heterocycles. The van der Waals surface area contributed by atoms with Crippen LogP contribution in [0.5, 0.6) is 0 Å². The van der Waals surface area contributed by atoms with Crippen molar-refractivity contribution in [1.29, 1.82) is 0 Å². The Morgan fingerprint density at radius 1 is 1.56 bits per heavy atom. The molecule has 134 valence electrons. The van der Waals surface area contributed by atoms with Crippen molar-refractivity contribution in [2.75, 3.05) is 17.6 Å². The van der Waals surface area contributed by atoms with E-state index in [4.69, 9.17) is 0 Å². The highest BCUT2D eigenvalue weighted by molar-refractivity contribution is 8.03. The number of aromatic nitrogens is 1. The predicted molar refractivity (Wildman–Crippen MR) is 91.0 cm³/mol. The summed E-state index contributed by atoms with van der Waals surface area (Å²) in [5.41, 5.74) is -0.0258. The Morgan fingerprint density at radius 3 is 2.96 bits per heavy atom. The molecule has 8 heteroatoms. The van der Waals surface area contributed by atoms with Gasteiger partial charge in [-0.05, 0) is 13.0 Å². The molecule has 1 aromatic heterocycles. The van der Waals surface area contributed by atoms with Gasteiger partial charge in [-0.2, -0.15) is 0 Å². The van der Waals surface area contributed by atoms with Gasteiger partial charge in [0.05, 0.1) is 49.5 Å². The molecule has 0 aliphatic carbocycles. The number of hydrogen-bond donors (Lipinski definition) is 2. The van der Waals surface area contributed by atoms with E-state index in [0.29, 0.717) is 23.6 Å². The Balaban J connectivity index is 1.61. The van der Waals surface area contributed by atoms with Gasteiger partial charge >= 0.3 is 0 Å². The molecule has 2 aliphatic rings. The van der Waals surface area contributed by atoms with Crippen molar-refractivity contribution in [2.24, 2.45) is 13.0 Å². The van der Waals surface area contributed by atoms with Crippen LogP contribution in [0.2, 0.25) is 0 Å². The first-order valence-electron chi connectivity index (χ1n) is 8.18. The van der Waals surface area contributed by atoms with E-state index in [1.54, 1.807) is 6.92 Å². The van der Waals surface area contributed by atoms with Gasteiger partial charge in [-0.3, -0.25) is 10.1 Å². The first-order chi connectivity index (χ1) is 11.9. The lowest BCUT2D eigenvalue weighted by Crippen LogP contribution is -2.62. The molecule has 3 rings (SSSR count). The van der Waals surface area contributed by atoms with Gasteiger partial charge in [-0.25, -0.2) is 4.57 Å². The fraction of sp³-hybridized carbons (Fsp3) is 0.471. The van der Waals surface area contributed by atoms with Crippen molar-refractivity contribution in [3.63, 3.8) is 0 Å². The molecule has 3 heterocycles. The number of carbonyl (C=O) groups is 2. The van der Waals surface area contributed by atoms with Crippen LogP contribution in [0.1, 0.15) is 13.3 Å². The smallest absolute Gasteiger partial charge is 0.274 e. The molecule has 1 fully saturated rings. The Morgan fingerprint density at radius 2 is 2.32 bits per heavy atom. The summed E-state index contributed by atoms with van der Waals surface area (Å²) >= 11 is 1.42. The van der Waals surface area contributed by atoms with Crippen molar-refractivity contribution in [3.8, 4) is 0 Å². The van der Waals surface area contributed by atoms with Crippen LogP contribution in [0.25, 0.3) is 0 Å². The lowest BCUT2D eigenvalue weighted by atomic mass is 9.83. The van der Waals surface area contributed by atoms with Crippen LogP contribution in [0.15, 0.2) is 35.0 Å². The molecule has 2 N–H and O–H groups in total. The molecule has 0 saturated carbocycles. The largest absolute Gasteiger partial charge is 0.543 e. The van der Waals surface area contributed by atoms with E-state index in [2.05, 4.69) is 5.32 Å². The monoisotopic (exact) mass is 363 g/mol. The summed E-state index contributed by atoms with van der Waals surface area (Å²) in [5.74, 6) is -0.547. The number of nitrogens with one attached hydrogen (secondary N) is 1. The zero-order chi connectivity index (χ0) is 18.1. The number of anilines is 1. The lowest BCUT2D eigenvalue weighted by molar-refractivity contribution is -0.657. The fourth-order valence-corrected chi connectivity index (χ4v) is 4.47. The number of rotatable bonds is 7. The number of aliphatic hydroxyl groups is 1. The van der Waals surface area contributed by atoms with E-state index in [-0.39, 0.29) is 17.6 Å². The molecular weight excluding hydrogens is 342 g/mol. The molecule has 0 spiro atoms. The van der Waals surface area contributed by atoms with Crippen LogP contribution >= 0.6 is 11.8 Å². The number of aliphatic hydroxyl groups excluding tert-OH is 1. The second-order valence-corrected chi connectivity index (χ2v) is 7.47. The van der Waals surface area contributed by atoms with Gasteiger partial charge in [0.2, 0.25) is 5.91 Å². The maximum Gasteiger partial charge on any atom is 0.274 e. The molecule has 1 amide bonds. The fourth-order valence-electron chi connectivity index (χ4n) is 3.41. The first-order valence-corrected chi connectivity index (χ1v) is 9.17. The van der Waals surface area contributed by atoms with Gasteiger partial charge in [0.1, 0.15) is 0 Å². The summed E-state index contributed by atoms with van der Waals surface area (Å²) in [4.78, 5) is 25.5. The number of fused-ring (bicyclic) bond motifs is 1. The second-order valence-electron chi connectivity index (χ2n) is 6.28. The number of thioether (sulfide) groups is 1. The number of β-lactam (4-membered cyclic amide) rings is 1. The molecule has 1 aromatic rings. The minimum Gasteiger partial charge on any atom is -0.543 e. The topological polar surface area (TPSA) is 96.6 Å². The summed E-state index contributed by atoms with van der Waals surface area (Å²) < 4.78 is 1.96. The average Bonchev–Trinajstić information content (AvgIpc) is 2.87. The van der Waals surface area contributed by atoms with Crippen molar-refractivity contribution >= 4 is 29.5 Å². The molecule has 0 bridgehead atoms. The standard InChI is InChI=1S/C17H21N3O4S/c1-10(21)14-11-9-12(15(17(23)24)20(11)16(14)22)25-8-6-18-13-5-3-4-7-19(13)2/h3-5,7,10-11,14,21H,6,8-9H2,1-2H3,(H,23,24)/t10?,11-,14-/m1/s1. The van der Waals surface area contributed by atoms with Gasteiger partial charge in [-0.15, -0.1) is 11.8 Å². The SMILES string of the molecule is CC(O)[C@H]1C(=O)N2C(C(=O)[O-])=C(SCCNc3cccc[n+]3C)C[C@H]12. The van der Waals surface area contributed by atoms with Crippen LogP contribution in [-0.4, -0.2) is 46.3 Å². The van der Waals surface area contributed by atoms with Crippen LogP contribution < -0.4 is 15.0 Å². The van der Waals surface area contributed by atoms with Gasteiger partial charge in [-0.1, -0.05) is 6.07 Å². The van der Waals surface area contributed by atoms with Gasteiger partial charge < -0.3 is 19.9 Å². The zero-order valence-electron chi connectivity index (χ0n) is 14.1. The van der Waals surface area contributed by atoms with Crippen LogP contribution in [0, 0.1) is 5.92 Å². The molecule has 0 radical (unpaired) electrons. The maximum atomic E-state index is 12.1. The van der Waals surface area contributed by atoms with Crippen molar-refractivity contribution < 1.29 is 24.4 Å². The number of pyridine rings is 1. The minimum absolute atomic E-state index is 0.0258. The second kappa shape index (κ2) is 7.05. The average molecular weight is 363 g/mol. The van der Waals surface area contributed by atoms with Gasteiger partial charge in [0, 0.05) is 23.1 Å². The Labute approximate surface area is 150 Å². The van der Waals surface area contributed by atoms with Crippen LogP contribution in [-0.2, 0) is 16.6 Å². The lowest BCUT2D eigenvalue weighted by Gasteiger charge is -2.45. The number of carbonyl (C=O) groups excluding carboxylic acids is 2. The Hall–Kier alpha value is -2.06. The van der Waals surface area contributed by atoms with Crippen LogP contribution in [0.3, 0.4) is 0 Å². The van der Waals surface area contributed by atoms with E-state index >= 15 is 0 Å². The number of nitrogens with zero attached hydrogens (tertiary/aromatic N) is 2. The van der Waals surface area contributed by atoms with Crippen LogP contribution in [0.4, 0.5) is 5.82 Å². The van der Waals surface area contributed by atoms with E-state index in [0.717, 1.165) is 5.82 Å². The number of aliphatic carboxylic acids is 1. The number of amides is 1. The van der Waals surface area contributed by atoms with E-state index < -0.39 is 18.0 Å². The molecule has 1 unspecified atom stereocenters. The van der Waals surface area contributed by atoms with Crippen molar-refractivity contribution in [2.45, 2.75) is 25.5 Å². The highest BCUT2D eigenvalue weighted by atomic mass is 32.2. The highest BCUT2D eigenvalue weighted by Gasteiger charge is 2.55. The number of carboxylic acids is 1. The molecule has 2 aliphatic heterocycles. The molecule has 7 nitrogen and oxygen atoms in total. The molecular formula is C17H21N3O4S. The summed E-state index contributed by atoms with van der Waals surface area (Å²) in [6.45, 7) is 2.22. The first kappa shape index (κ1) is 17.8. The number of aryl methyl sites for hydroxylation is 1. The highest BCUT2D eigenvalue weighted by Crippen LogP contribution is 2.46. The number of hydrogen-bond acceptors (Lipinski definition) is 6. The number of carboxylic acid groups (broad SMARTS) is 1. The molecule has 3 atom stereocenters. The summed E-state index contributed by atoms with van der Waals surface area (Å²) in [6.07, 6.45) is 1.63. The van der Waals surface area contributed by atoms with Gasteiger partial charge in [0.15, 0.2) is 0 Å². The Bertz CT molecular complexity index is 734. The molecule has 0 aromatic carbocycles. The summed E-state index contributed by atoms with van der Waals surface area (Å²) in [7, 11) is 1.94. The van der Waals surface area contributed by atoms with E-state index in [1.807, 2.05) is 36.0 Å². The summed E-state index contributed by atoms with van der Waals surface area (Å²) in [5, 5.41) is 24.5. The predicted octanol–water partition coefficient (Wildman–Crippen LogP) is -0.771. The maximum absolute atomic E-state index is 12.1. The third-order valence-corrected chi connectivity index (χ3v) is 5.74. The third kappa shape index (κ3) is 3.23. The van der Waals surface area contributed by atoms with Crippen molar-refractivity contribution in [1.82, 2.24) is 4.90 Å². The third-order valence-electron chi connectivity index (χ3n) is 4.62. The van der Waals surface area contributed by atoms with Gasteiger partial charge in [0.25, 0.3) is 5.82 Å². The molecule has 25 heavy (non-hydrogen) atoms. The summed E-state index contributed by atoms with van der Waals surface area (Å²) in [6, 6.07) is 5.58. The van der Waals surface area contributed by atoms with E-state index in [9.17, 15) is 19.8 Å². The Kier molecular flexibility index (Phi) is 5.01. The quantitative estimate of drug-likeness (QED) is 0.375. The zero-order valence-corrected chi connectivity index (χ0v) is 15.0. The normalized spacial score (nSPS) is 23.3.